The van der Waals surface area contributed by atoms with Crippen LogP contribution in [-0.2, 0) is 11.3 Å². The van der Waals surface area contributed by atoms with Crippen molar-refractivity contribution in [1.29, 1.82) is 0 Å². The van der Waals surface area contributed by atoms with Crippen molar-refractivity contribution in [3.8, 4) is 0 Å². The summed E-state index contributed by atoms with van der Waals surface area (Å²) in [5, 5.41) is 6.80. The van der Waals surface area contributed by atoms with E-state index in [1.807, 2.05) is 54.6 Å². The number of rotatable bonds is 5. The first-order chi connectivity index (χ1) is 12.7. The van der Waals surface area contributed by atoms with Gasteiger partial charge in [-0.15, -0.1) is 0 Å². The molecule has 1 heterocycles. The van der Waals surface area contributed by atoms with Crippen LogP contribution < -0.4 is 10.6 Å². The lowest BCUT2D eigenvalue weighted by atomic mass is 10.2. The quantitative estimate of drug-likeness (QED) is 0.743. The van der Waals surface area contributed by atoms with Gasteiger partial charge in [-0.1, -0.05) is 36.4 Å². The third-order valence-corrected chi connectivity index (χ3v) is 4.43. The highest BCUT2D eigenvalue weighted by atomic mass is 16.2. The molecule has 0 unspecified atom stereocenters. The number of benzene rings is 2. The van der Waals surface area contributed by atoms with Crippen LogP contribution in [0.1, 0.15) is 28.9 Å². The number of nitrogens with one attached hydrogen (secondary N) is 2. The van der Waals surface area contributed by atoms with Gasteiger partial charge in [-0.3, -0.25) is 9.59 Å². The zero-order valence-electron chi connectivity index (χ0n) is 14.2. The van der Waals surface area contributed by atoms with E-state index in [1.165, 1.54) is 0 Å². The standard InChI is InChI=1S/C21H19N3O2/c25-20(16-8-9-16)23-17-6-3-4-14(12-17)13-22-21(26)19-11-10-15-5-1-2-7-18(15)24-19/h1-7,10-12,16H,8-9,13H2,(H,22,26)(H,23,25). The van der Waals surface area contributed by atoms with E-state index in [2.05, 4.69) is 15.6 Å². The minimum atomic E-state index is -0.219. The Balaban J connectivity index is 1.41. The zero-order chi connectivity index (χ0) is 17.9. The van der Waals surface area contributed by atoms with Gasteiger partial charge in [0, 0.05) is 23.5 Å². The van der Waals surface area contributed by atoms with Gasteiger partial charge in [-0.25, -0.2) is 4.98 Å². The molecule has 1 fully saturated rings. The fraction of sp³-hybridized carbons (Fsp3) is 0.190. The van der Waals surface area contributed by atoms with Crippen LogP contribution in [0.5, 0.6) is 0 Å². The molecule has 1 saturated carbocycles. The molecule has 0 atom stereocenters. The lowest BCUT2D eigenvalue weighted by Gasteiger charge is -2.09. The lowest BCUT2D eigenvalue weighted by Crippen LogP contribution is -2.24. The van der Waals surface area contributed by atoms with E-state index in [0.29, 0.717) is 12.2 Å². The van der Waals surface area contributed by atoms with Crippen molar-refractivity contribution in [2.45, 2.75) is 19.4 Å². The van der Waals surface area contributed by atoms with Crippen LogP contribution in [0.25, 0.3) is 10.9 Å². The summed E-state index contributed by atoms with van der Waals surface area (Å²) in [6, 6.07) is 18.8. The fourth-order valence-corrected chi connectivity index (χ4v) is 2.81. The second-order valence-electron chi connectivity index (χ2n) is 6.54. The largest absolute Gasteiger partial charge is 0.347 e. The van der Waals surface area contributed by atoms with E-state index in [4.69, 9.17) is 0 Å². The first-order valence-corrected chi connectivity index (χ1v) is 8.73. The molecule has 0 saturated heterocycles. The van der Waals surface area contributed by atoms with Gasteiger partial charge in [0.05, 0.1) is 5.52 Å². The summed E-state index contributed by atoms with van der Waals surface area (Å²) in [7, 11) is 0. The molecule has 2 N–H and O–H groups in total. The van der Waals surface area contributed by atoms with Crippen molar-refractivity contribution in [3.05, 3.63) is 71.9 Å². The Labute approximate surface area is 151 Å². The van der Waals surface area contributed by atoms with E-state index in [1.54, 1.807) is 6.07 Å². The fourth-order valence-electron chi connectivity index (χ4n) is 2.81. The maximum absolute atomic E-state index is 12.4. The maximum atomic E-state index is 12.4. The van der Waals surface area contributed by atoms with Gasteiger partial charge < -0.3 is 10.6 Å². The van der Waals surface area contributed by atoms with E-state index in [9.17, 15) is 9.59 Å². The predicted octanol–water partition coefficient (Wildman–Crippen LogP) is 3.51. The van der Waals surface area contributed by atoms with Gasteiger partial charge in [0.25, 0.3) is 5.91 Å². The molecule has 0 bridgehead atoms. The molecule has 4 rings (SSSR count). The Kier molecular flexibility index (Phi) is 4.35. The minimum Gasteiger partial charge on any atom is -0.347 e. The summed E-state index contributed by atoms with van der Waals surface area (Å²) in [5.41, 5.74) is 2.87. The number of para-hydroxylation sites is 1. The molecular formula is C21H19N3O2. The normalized spacial score (nSPS) is 13.4. The average molecular weight is 345 g/mol. The first-order valence-electron chi connectivity index (χ1n) is 8.73. The second-order valence-corrected chi connectivity index (χ2v) is 6.54. The number of carbonyl (C=O) groups excluding carboxylic acids is 2. The number of hydrogen-bond donors (Lipinski definition) is 2. The zero-order valence-corrected chi connectivity index (χ0v) is 14.2. The SMILES string of the molecule is O=C(NCc1cccc(NC(=O)C2CC2)c1)c1ccc2ccccc2n1. The van der Waals surface area contributed by atoms with Crippen LogP contribution in [0.3, 0.4) is 0 Å². The summed E-state index contributed by atoms with van der Waals surface area (Å²) in [6.07, 6.45) is 1.95. The van der Waals surface area contributed by atoms with Crippen molar-refractivity contribution < 1.29 is 9.59 Å². The molecular weight excluding hydrogens is 326 g/mol. The number of nitrogens with zero attached hydrogens (tertiary/aromatic N) is 1. The van der Waals surface area contributed by atoms with E-state index in [-0.39, 0.29) is 17.7 Å². The third kappa shape index (κ3) is 3.72. The van der Waals surface area contributed by atoms with Crippen LogP contribution in [0.4, 0.5) is 5.69 Å². The monoisotopic (exact) mass is 345 g/mol. The third-order valence-electron chi connectivity index (χ3n) is 4.43. The smallest absolute Gasteiger partial charge is 0.270 e. The molecule has 26 heavy (non-hydrogen) atoms. The molecule has 1 aliphatic rings. The van der Waals surface area contributed by atoms with E-state index >= 15 is 0 Å². The Hall–Kier alpha value is -3.21. The van der Waals surface area contributed by atoms with Crippen molar-refractivity contribution in [2.24, 2.45) is 5.92 Å². The molecule has 130 valence electrons. The summed E-state index contributed by atoms with van der Waals surface area (Å²) in [4.78, 5) is 28.6. The van der Waals surface area contributed by atoms with Crippen LogP contribution >= 0.6 is 0 Å². The molecule has 0 spiro atoms. The first kappa shape index (κ1) is 16.3. The number of fused-ring (bicyclic) bond motifs is 1. The van der Waals surface area contributed by atoms with Gasteiger partial charge >= 0.3 is 0 Å². The molecule has 2 amide bonds. The summed E-state index contributed by atoms with van der Waals surface area (Å²) < 4.78 is 0. The van der Waals surface area contributed by atoms with Gasteiger partial charge in [-0.2, -0.15) is 0 Å². The lowest BCUT2D eigenvalue weighted by molar-refractivity contribution is -0.117. The molecule has 5 heteroatoms. The van der Waals surface area contributed by atoms with E-state index < -0.39 is 0 Å². The molecule has 0 aliphatic heterocycles. The number of anilines is 1. The highest BCUT2D eigenvalue weighted by Gasteiger charge is 2.29. The number of amides is 2. The highest BCUT2D eigenvalue weighted by Crippen LogP contribution is 2.30. The molecule has 1 aliphatic carbocycles. The van der Waals surface area contributed by atoms with Gasteiger partial charge in [0.2, 0.25) is 5.91 Å². The number of pyridine rings is 1. The molecule has 2 aromatic carbocycles. The van der Waals surface area contributed by atoms with Crippen molar-refractivity contribution in [1.82, 2.24) is 10.3 Å². The average Bonchev–Trinajstić information content (AvgIpc) is 3.51. The Morgan fingerprint density at radius 2 is 1.85 bits per heavy atom. The van der Waals surface area contributed by atoms with Gasteiger partial charge in [-0.05, 0) is 42.7 Å². The van der Waals surface area contributed by atoms with Crippen LogP contribution in [0.15, 0.2) is 60.7 Å². The molecule has 5 nitrogen and oxygen atoms in total. The Bertz CT molecular complexity index is 980. The minimum absolute atomic E-state index is 0.0755. The topological polar surface area (TPSA) is 71.1 Å². The van der Waals surface area contributed by atoms with Crippen molar-refractivity contribution in [2.75, 3.05) is 5.32 Å². The summed E-state index contributed by atoms with van der Waals surface area (Å²) in [5.74, 6) is 0.0204. The van der Waals surface area contributed by atoms with Crippen molar-refractivity contribution in [3.63, 3.8) is 0 Å². The maximum Gasteiger partial charge on any atom is 0.270 e. The number of aromatic nitrogens is 1. The van der Waals surface area contributed by atoms with Crippen molar-refractivity contribution >= 4 is 28.4 Å². The predicted molar refractivity (Wildman–Crippen MR) is 101 cm³/mol. The summed E-state index contributed by atoms with van der Waals surface area (Å²) >= 11 is 0. The van der Waals surface area contributed by atoms with Crippen LogP contribution in [-0.4, -0.2) is 16.8 Å². The van der Waals surface area contributed by atoms with E-state index in [0.717, 1.165) is 35.0 Å². The van der Waals surface area contributed by atoms with Crippen LogP contribution in [0, 0.1) is 5.92 Å². The Morgan fingerprint density at radius 3 is 2.69 bits per heavy atom. The van der Waals surface area contributed by atoms with Gasteiger partial charge in [0.15, 0.2) is 0 Å². The molecule has 0 radical (unpaired) electrons. The highest BCUT2D eigenvalue weighted by molar-refractivity contribution is 5.95. The number of hydrogen-bond acceptors (Lipinski definition) is 3. The summed E-state index contributed by atoms with van der Waals surface area (Å²) in [6.45, 7) is 0.375. The molecule has 3 aromatic rings. The second kappa shape index (κ2) is 6.96. The number of carbonyl (C=O) groups is 2. The van der Waals surface area contributed by atoms with Gasteiger partial charge in [0.1, 0.15) is 5.69 Å². The Morgan fingerprint density at radius 1 is 1.00 bits per heavy atom. The van der Waals surface area contributed by atoms with Crippen LogP contribution in [0.2, 0.25) is 0 Å². The molecule has 1 aromatic heterocycles.